The Morgan fingerprint density at radius 1 is 0.322 bits per heavy atom. The van der Waals surface area contributed by atoms with Crippen molar-refractivity contribution >= 4 is 65.4 Å². The number of rotatable bonds is 4. The molecule has 0 saturated heterocycles. The lowest BCUT2D eigenvalue weighted by molar-refractivity contribution is 0.669. The highest BCUT2D eigenvalue weighted by Gasteiger charge is 2.48. The maximum atomic E-state index is 6.67. The van der Waals surface area contributed by atoms with E-state index in [0.717, 1.165) is 60.6 Å². The lowest BCUT2D eigenvalue weighted by Gasteiger charge is -2.35. The number of fused-ring (bicyclic) bond motifs is 12. The Kier molecular flexibility index (Phi) is 6.68. The van der Waals surface area contributed by atoms with E-state index in [1.165, 1.54) is 60.5 Å². The monoisotopic (exact) mass is 750 g/mol. The van der Waals surface area contributed by atoms with Crippen LogP contribution in [0.25, 0.3) is 98.8 Å². The first-order valence-electron chi connectivity index (χ1n) is 20.3. The second-order valence-corrected chi connectivity index (χ2v) is 15.9. The molecular formula is C57H34O2. The van der Waals surface area contributed by atoms with Crippen LogP contribution in [0.3, 0.4) is 0 Å². The summed E-state index contributed by atoms with van der Waals surface area (Å²) in [5.74, 6) is 0. The van der Waals surface area contributed by atoms with Gasteiger partial charge < -0.3 is 8.83 Å². The van der Waals surface area contributed by atoms with Gasteiger partial charge >= 0.3 is 0 Å². The summed E-state index contributed by atoms with van der Waals surface area (Å²) in [7, 11) is 0. The molecule has 59 heavy (non-hydrogen) atoms. The van der Waals surface area contributed by atoms with E-state index in [4.69, 9.17) is 8.83 Å². The first-order valence-corrected chi connectivity index (χ1v) is 20.3. The van der Waals surface area contributed by atoms with Gasteiger partial charge in [-0.2, -0.15) is 0 Å². The number of para-hydroxylation sites is 1. The lowest BCUT2D eigenvalue weighted by atomic mass is 9.66. The van der Waals surface area contributed by atoms with E-state index in [0.29, 0.717) is 0 Å². The van der Waals surface area contributed by atoms with Gasteiger partial charge in [-0.25, -0.2) is 0 Å². The summed E-state index contributed by atoms with van der Waals surface area (Å²) in [5, 5.41) is 9.33. The second kappa shape index (κ2) is 12.2. The summed E-state index contributed by atoms with van der Waals surface area (Å²) in [6, 6.07) is 75.3. The molecular weight excluding hydrogens is 717 g/mol. The Morgan fingerprint density at radius 2 is 0.949 bits per heavy atom. The quantitative estimate of drug-likeness (QED) is 0.179. The molecule has 0 N–H and O–H groups in total. The van der Waals surface area contributed by atoms with Crippen molar-refractivity contribution in [3.63, 3.8) is 0 Å². The van der Waals surface area contributed by atoms with Crippen LogP contribution in [0.5, 0.6) is 0 Å². The Hall–Kier alpha value is -7.68. The second-order valence-electron chi connectivity index (χ2n) is 15.9. The molecule has 2 nitrogen and oxygen atoms in total. The fourth-order valence-electron chi connectivity index (χ4n) is 10.4. The van der Waals surface area contributed by atoms with E-state index in [1.54, 1.807) is 0 Å². The number of benzene rings is 10. The average Bonchev–Trinajstić information content (AvgIpc) is 3.96. The summed E-state index contributed by atoms with van der Waals surface area (Å²) in [6.45, 7) is 0. The van der Waals surface area contributed by atoms with Crippen molar-refractivity contribution < 1.29 is 8.83 Å². The molecule has 12 aromatic rings. The summed E-state index contributed by atoms with van der Waals surface area (Å²) >= 11 is 0. The Labute approximate surface area is 340 Å². The fourth-order valence-corrected chi connectivity index (χ4v) is 10.4. The van der Waals surface area contributed by atoms with Crippen molar-refractivity contribution in [1.82, 2.24) is 0 Å². The topological polar surface area (TPSA) is 26.3 Å². The molecule has 274 valence electrons. The molecule has 1 aliphatic rings. The van der Waals surface area contributed by atoms with Gasteiger partial charge in [-0.15, -0.1) is 0 Å². The molecule has 10 aromatic carbocycles. The average molecular weight is 751 g/mol. The van der Waals surface area contributed by atoms with E-state index in [2.05, 4.69) is 200 Å². The third-order valence-electron chi connectivity index (χ3n) is 12.9. The van der Waals surface area contributed by atoms with Gasteiger partial charge in [0.15, 0.2) is 0 Å². The molecule has 13 rings (SSSR count). The molecule has 0 bridgehead atoms. The first kappa shape index (κ1) is 32.4. The van der Waals surface area contributed by atoms with Gasteiger partial charge in [0.2, 0.25) is 0 Å². The van der Waals surface area contributed by atoms with Crippen molar-refractivity contribution in [3.8, 4) is 33.4 Å². The van der Waals surface area contributed by atoms with E-state index in [-0.39, 0.29) is 0 Å². The third-order valence-corrected chi connectivity index (χ3v) is 12.9. The van der Waals surface area contributed by atoms with Crippen molar-refractivity contribution in [2.24, 2.45) is 0 Å². The van der Waals surface area contributed by atoms with E-state index < -0.39 is 5.41 Å². The highest BCUT2D eigenvalue weighted by Crippen LogP contribution is 2.61. The zero-order valence-corrected chi connectivity index (χ0v) is 31.9. The molecule has 0 amide bonds. The molecule has 0 radical (unpaired) electrons. The van der Waals surface area contributed by atoms with Crippen LogP contribution in [0.2, 0.25) is 0 Å². The SMILES string of the molecule is c1ccc(C2(c3ccccc3)c3cc(-c4cccc5oc6cc7ccccc7cc6c45)cc(-c4ccc5c(c4)oc4ccccc45)c3-c3ccc4ccccc4c32)cc1. The molecule has 2 aromatic heterocycles. The van der Waals surface area contributed by atoms with Crippen molar-refractivity contribution in [3.05, 3.63) is 229 Å². The molecule has 2 heterocycles. The summed E-state index contributed by atoms with van der Waals surface area (Å²) in [4.78, 5) is 0. The van der Waals surface area contributed by atoms with Gasteiger partial charge in [0, 0.05) is 21.5 Å². The lowest BCUT2D eigenvalue weighted by Crippen LogP contribution is -2.29. The summed E-state index contributed by atoms with van der Waals surface area (Å²) in [5.41, 5.74) is 15.0. The maximum absolute atomic E-state index is 6.67. The van der Waals surface area contributed by atoms with Crippen LogP contribution < -0.4 is 0 Å². The van der Waals surface area contributed by atoms with Crippen LogP contribution in [-0.2, 0) is 5.41 Å². The third kappa shape index (κ3) is 4.51. The van der Waals surface area contributed by atoms with Gasteiger partial charge in [0.25, 0.3) is 0 Å². The molecule has 0 fully saturated rings. The minimum atomic E-state index is -0.634. The molecule has 0 atom stereocenters. The first-order chi connectivity index (χ1) is 29.2. The van der Waals surface area contributed by atoms with Crippen LogP contribution in [0.1, 0.15) is 22.3 Å². The van der Waals surface area contributed by atoms with E-state index in [1.807, 2.05) is 6.07 Å². The van der Waals surface area contributed by atoms with Crippen LogP contribution in [-0.4, -0.2) is 0 Å². The zero-order valence-electron chi connectivity index (χ0n) is 31.9. The van der Waals surface area contributed by atoms with Crippen LogP contribution in [0.4, 0.5) is 0 Å². The Balaban J connectivity index is 1.21. The minimum Gasteiger partial charge on any atom is -0.456 e. The molecule has 0 spiro atoms. The van der Waals surface area contributed by atoms with Gasteiger partial charge in [0.05, 0.1) is 5.41 Å². The molecule has 1 aliphatic carbocycles. The highest BCUT2D eigenvalue weighted by atomic mass is 16.3. The molecule has 0 aliphatic heterocycles. The van der Waals surface area contributed by atoms with Crippen LogP contribution in [0, 0.1) is 0 Å². The minimum absolute atomic E-state index is 0.634. The largest absolute Gasteiger partial charge is 0.456 e. The number of furan rings is 2. The molecule has 2 heteroatoms. The van der Waals surface area contributed by atoms with E-state index in [9.17, 15) is 0 Å². The van der Waals surface area contributed by atoms with Crippen molar-refractivity contribution in [1.29, 1.82) is 0 Å². The van der Waals surface area contributed by atoms with Crippen LogP contribution >= 0.6 is 0 Å². The fraction of sp³-hybridized carbons (Fsp3) is 0.0175. The number of hydrogen-bond acceptors (Lipinski definition) is 2. The standard InChI is InChI=1S/C57H34O2/c1-3-17-40(18-4-1)57(41-19-5-2-6-20-41)49-32-39(42-23-13-25-51-55(42)48-30-36-15-7-8-16-37(36)33-53(48)59-51)31-47(54(49)46-29-26-35-14-9-10-21-43(35)56(46)57)38-27-28-45-44-22-11-12-24-50(44)58-52(45)34-38/h1-34H. The van der Waals surface area contributed by atoms with Crippen molar-refractivity contribution in [2.75, 3.05) is 0 Å². The van der Waals surface area contributed by atoms with Crippen LogP contribution in [0.15, 0.2) is 215 Å². The summed E-state index contributed by atoms with van der Waals surface area (Å²) < 4.78 is 13.2. The zero-order chi connectivity index (χ0) is 38.7. The van der Waals surface area contributed by atoms with Gasteiger partial charge in [-0.1, -0.05) is 158 Å². The maximum Gasteiger partial charge on any atom is 0.136 e. The Morgan fingerprint density at radius 3 is 1.75 bits per heavy atom. The molecule has 0 saturated carbocycles. The summed E-state index contributed by atoms with van der Waals surface area (Å²) in [6.07, 6.45) is 0. The predicted molar refractivity (Wildman–Crippen MR) is 244 cm³/mol. The van der Waals surface area contributed by atoms with Gasteiger partial charge in [-0.3, -0.25) is 0 Å². The van der Waals surface area contributed by atoms with Crippen molar-refractivity contribution in [2.45, 2.75) is 5.41 Å². The highest BCUT2D eigenvalue weighted by molar-refractivity contribution is 6.16. The smallest absolute Gasteiger partial charge is 0.136 e. The number of hydrogen-bond donors (Lipinski definition) is 0. The van der Waals surface area contributed by atoms with Gasteiger partial charge in [-0.05, 0) is 126 Å². The van der Waals surface area contributed by atoms with Gasteiger partial charge in [0.1, 0.15) is 22.3 Å². The normalized spacial score (nSPS) is 13.2. The Bertz CT molecular complexity index is 3620. The predicted octanol–water partition coefficient (Wildman–Crippen LogP) is 15.5. The molecule has 0 unspecified atom stereocenters. The van der Waals surface area contributed by atoms with E-state index >= 15 is 0 Å².